The van der Waals surface area contributed by atoms with Crippen LogP contribution in [0.15, 0.2) is 48.5 Å². The van der Waals surface area contributed by atoms with Crippen molar-refractivity contribution >= 4 is 23.0 Å². The van der Waals surface area contributed by atoms with Gasteiger partial charge in [0, 0.05) is 17.5 Å². The van der Waals surface area contributed by atoms with Crippen molar-refractivity contribution in [3.8, 4) is 0 Å². The molecule has 0 radical (unpaired) electrons. The van der Waals surface area contributed by atoms with Gasteiger partial charge < -0.3 is 4.90 Å². The summed E-state index contributed by atoms with van der Waals surface area (Å²) >= 11 is 0. The molecule has 26 heavy (non-hydrogen) atoms. The standard InChI is InChI=1S/C23H23NO2/c1-14-10-17-15(2)13-23(3,4)24-21(17)18(11-14)19(22(24)26)12-20(25)16-8-6-5-7-9-16/h5-11,13,19H,12H2,1-4H3. The van der Waals surface area contributed by atoms with Gasteiger partial charge in [0.1, 0.15) is 0 Å². The van der Waals surface area contributed by atoms with Crippen LogP contribution in [0.3, 0.4) is 0 Å². The summed E-state index contributed by atoms with van der Waals surface area (Å²) in [5.74, 6) is -0.360. The molecular weight excluding hydrogens is 322 g/mol. The first-order chi connectivity index (χ1) is 12.3. The minimum Gasteiger partial charge on any atom is -0.302 e. The molecule has 0 aromatic heterocycles. The number of rotatable bonds is 3. The molecule has 1 amide bonds. The molecule has 0 spiro atoms. The van der Waals surface area contributed by atoms with Gasteiger partial charge in [-0.15, -0.1) is 0 Å². The van der Waals surface area contributed by atoms with E-state index in [0.717, 1.165) is 22.4 Å². The molecule has 0 fully saturated rings. The largest absolute Gasteiger partial charge is 0.302 e. The van der Waals surface area contributed by atoms with Gasteiger partial charge in [0.05, 0.1) is 17.1 Å². The molecule has 0 bridgehead atoms. The highest BCUT2D eigenvalue weighted by atomic mass is 16.2. The Labute approximate surface area is 154 Å². The molecule has 0 N–H and O–H groups in total. The summed E-state index contributed by atoms with van der Waals surface area (Å²) in [5, 5.41) is 0. The number of carbonyl (C=O) groups is 2. The normalized spacial score (nSPS) is 20.0. The minimum atomic E-state index is -0.407. The molecule has 2 aromatic carbocycles. The number of hydrogen-bond donors (Lipinski definition) is 0. The number of benzene rings is 2. The van der Waals surface area contributed by atoms with E-state index >= 15 is 0 Å². The lowest BCUT2D eigenvalue weighted by Crippen LogP contribution is -2.47. The Bertz CT molecular complexity index is 954. The highest BCUT2D eigenvalue weighted by molar-refractivity contribution is 6.13. The topological polar surface area (TPSA) is 37.4 Å². The lowest BCUT2D eigenvalue weighted by atomic mass is 9.87. The van der Waals surface area contributed by atoms with Crippen LogP contribution in [0.25, 0.3) is 5.57 Å². The maximum absolute atomic E-state index is 13.3. The number of Topliss-reactive ketones (excluding diaryl/α,β-unsaturated/α-hetero) is 1. The van der Waals surface area contributed by atoms with Gasteiger partial charge in [-0.25, -0.2) is 0 Å². The van der Waals surface area contributed by atoms with Crippen molar-refractivity contribution in [2.45, 2.75) is 45.6 Å². The molecule has 3 heteroatoms. The Hall–Kier alpha value is -2.68. The van der Waals surface area contributed by atoms with Crippen molar-refractivity contribution in [3.05, 3.63) is 70.8 Å². The van der Waals surface area contributed by atoms with E-state index in [1.807, 2.05) is 42.2 Å². The quantitative estimate of drug-likeness (QED) is 0.743. The van der Waals surface area contributed by atoms with Gasteiger partial charge in [0.15, 0.2) is 5.78 Å². The first-order valence-electron chi connectivity index (χ1n) is 9.06. The summed E-state index contributed by atoms with van der Waals surface area (Å²) in [7, 11) is 0. The van der Waals surface area contributed by atoms with Crippen molar-refractivity contribution < 1.29 is 9.59 Å². The number of anilines is 1. The lowest BCUT2D eigenvalue weighted by Gasteiger charge is -2.39. The van der Waals surface area contributed by atoms with Crippen LogP contribution in [-0.2, 0) is 4.79 Å². The highest BCUT2D eigenvalue weighted by Crippen LogP contribution is 2.50. The summed E-state index contributed by atoms with van der Waals surface area (Å²) in [4.78, 5) is 28.0. The average molecular weight is 345 g/mol. The number of aryl methyl sites for hydroxylation is 1. The predicted molar refractivity (Wildman–Crippen MR) is 105 cm³/mol. The molecule has 2 heterocycles. The minimum absolute atomic E-state index is 0.0153. The third-order valence-electron chi connectivity index (χ3n) is 5.46. The van der Waals surface area contributed by atoms with Crippen molar-refractivity contribution in [1.82, 2.24) is 0 Å². The zero-order valence-electron chi connectivity index (χ0n) is 15.7. The van der Waals surface area contributed by atoms with Crippen LogP contribution >= 0.6 is 0 Å². The zero-order valence-corrected chi connectivity index (χ0v) is 15.7. The first-order valence-corrected chi connectivity index (χ1v) is 9.06. The Morgan fingerprint density at radius 2 is 1.81 bits per heavy atom. The van der Waals surface area contributed by atoms with E-state index in [2.05, 4.69) is 39.0 Å². The van der Waals surface area contributed by atoms with Crippen molar-refractivity contribution in [1.29, 1.82) is 0 Å². The van der Waals surface area contributed by atoms with Crippen molar-refractivity contribution in [3.63, 3.8) is 0 Å². The van der Waals surface area contributed by atoms with E-state index in [-0.39, 0.29) is 23.7 Å². The van der Waals surface area contributed by atoms with E-state index < -0.39 is 5.92 Å². The fourth-order valence-corrected chi connectivity index (χ4v) is 4.39. The molecule has 1 atom stereocenters. The van der Waals surface area contributed by atoms with Crippen LogP contribution in [0, 0.1) is 6.92 Å². The smallest absolute Gasteiger partial charge is 0.235 e. The van der Waals surface area contributed by atoms with Gasteiger partial charge in [-0.2, -0.15) is 0 Å². The molecule has 0 saturated carbocycles. The maximum Gasteiger partial charge on any atom is 0.235 e. The molecule has 2 aliphatic heterocycles. The van der Waals surface area contributed by atoms with E-state index in [1.54, 1.807) is 0 Å². The van der Waals surface area contributed by atoms with Gasteiger partial charge in [-0.05, 0) is 44.9 Å². The summed E-state index contributed by atoms with van der Waals surface area (Å²) in [6, 6.07) is 13.5. The van der Waals surface area contributed by atoms with Gasteiger partial charge >= 0.3 is 0 Å². The Balaban J connectivity index is 1.81. The summed E-state index contributed by atoms with van der Waals surface area (Å²) < 4.78 is 0. The van der Waals surface area contributed by atoms with Crippen LogP contribution in [0.2, 0.25) is 0 Å². The molecule has 132 valence electrons. The lowest BCUT2D eigenvalue weighted by molar-refractivity contribution is -0.120. The first kappa shape index (κ1) is 16.8. The molecule has 1 unspecified atom stereocenters. The van der Waals surface area contributed by atoms with E-state index in [9.17, 15) is 9.59 Å². The third-order valence-corrected chi connectivity index (χ3v) is 5.46. The van der Waals surface area contributed by atoms with Crippen LogP contribution in [0.5, 0.6) is 0 Å². The van der Waals surface area contributed by atoms with Crippen LogP contribution in [-0.4, -0.2) is 17.2 Å². The molecule has 3 nitrogen and oxygen atoms in total. The third kappa shape index (κ3) is 2.42. The fraction of sp³-hybridized carbons (Fsp3) is 0.304. The second kappa shape index (κ2) is 5.66. The number of hydrogen-bond acceptors (Lipinski definition) is 2. The van der Waals surface area contributed by atoms with E-state index in [0.29, 0.717) is 5.56 Å². The number of ketones is 1. The van der Waals surface area contributed by atoms with Gasteiger partial charge in [-0.1, -0.05) is 48.0 Å². The molecule has 0 saturated heterocycles. The number of nitrogens with zero attached hydrogens (tertiary/aromatic N) is 1. The zero-order chi connectivity index (χ0) is 18.6. The van der Waals surface area contributed by atoms with Gasteiger partial charge in [0.2, 0.25) is 5.91 Å². The van der Waals surface area contributed by atoms with Crippen LogP contribution in [0.1, 0.15) is 60.2 Å². The number of carbonyl (C=O) groups excluding carboxylic acids is 2. The van der Waals surface area contributed by atoms with Crippen LogP contribution in [0.4, 0.5) is 5.69 Å². The van der Waals surface area contributed by atoms with Crippen molar-refractivity contribution in [2.24, 2.45) is 0 Å². The molecule has 4 rings (SSSR count). The molecular formula is C23H23NO2. The Morgan fingerprint density at radius 1 is 1.12 bits per heavy atom. The second-order valence-corrected chi connectivity index (χ2v) is 7.95. The van der Waals surface area contributed by atoms with E-state index in [4.69, 9.17) is 0 Å². The number of allylic oxidation sites excluding steroid dienone is 1. The summed E-state index contributed by atoms with van der Waals surface area (Å²) in [5.41, 5.74) is 5.69. The molecule has 2 aromatic rings. The Kier molecular flexibility index (Phi) is 3.65. The highest BCUT2D eigenvalue weighted by Gasteiger charge is 2.47. The fourth-order valence-electron chi connectivity index (χ4n) is 4.39. The van der Waals surface area contributed by atoms with Crippen LogP contribution < -0.4 is 4.90 Å². The SMILES string of the molecule is CC1=CC(C)(C)N2C(=O)C(CC(=O)c3ccccc3)c3cc(C)cc1c32. The monoisotopic (exact) mass is 345 g/mol. The molecule has 0 aliphatic carbocycles. The predicted octanol–water partition coefficient (Wildman–Crippen LogP) is 4.89. The Morgan fingerprint density at radius 3 is 2.50 bits per heavy atom. The average Bonchev–Trinajstić information content (AvgIpc) is 2.86. The van der Waals surface area contributed by atoms with Gasteiger partial charge in [-0.3, -0.25) is 9.59 Å². The second-order valence-electron chi connectivity index (χ2n) is 7.95. The molecule has 2 aliphatic rings. The van der Waals surface area contributed by atoms with E-state index in [1.165, 1.54) is 5.57 Å². The summed E-state index contributed by atoms with van der Waals surface area (Å²) in [6.07, 6.45) is 2.36. The van der Waals surface area contributed by atoms with Gasteiger partial charge in [0.25, 0.3) is 0 Å². The maximum atomic E-state index is 13.3. The number of amides is 1. The summed E-state index contributed by atoms with van der Waals surface area (Å²) in [6.45, 7) is 8.26. The van der Waals surface area contributed by atoms with Crippen molar-refractivity contribution in [2.75, 3.05) is 4.90 Å².